The van der Waals surface area contributed by atoms with E-state index in [1.165, 1.54) is 0 Å². The van der Waals surface area contributed by atoms with Crippen molar-refractivity contribution in [2.24, 2.45) is 0 Å². The van der Waals surface area contributed by atoms with Crippen LogP contribution in [0.4, 0.5) is 0 Å². The van der Waals surface area contributed by atoms with Crippen LogP contribution in [0.1, 0.15) is 0 Å². The van der Waals surface area contributed by atoms with E-state index < -0.39 is 0 Å². The van der Waals surface area contributed by atoms with Gasteiger partial charge in [0.1, 0.15) is 0 Å². The zero-order chi connectivity index (χ0) is 14.3. The van der Waals surface area contributed by atoms with E-state index in [4.69, 9.17) is 15.3 Å². The van der Waals surface area contributed by atoms with Crippen LogP contribution in [0.5, 0.6) is 0 Å². The van der Waals surface area contributed by atoms with Crippen LogP contribution in [-0.4, -0.2) is 92.3 Å². The molecule has 0 aliphatic heterocycles. The summed E-state index contributed by atoms with van der Waals surface area (Å²) in [5.74, 6) is 0. The summed E-state index contributed by atoms with van der Waals surface area (Å²) in [6.07, 6.45) is 0. The minimum Gasteiger partial charge on any atom is -1.00 e. The largest absolute Gasteiger partial charge is 1.00 e. The van der Waals surface area contributed by atoms with Crippen LogP contribution >= 0.6 is 0 Å². The molecule has 0 saturated carbocycles. The standard InChI is InChI=1S/C6H15NO3.C4H12N.C2H4.ClH/c8-4-1-7(2-5-9)3-6-10;1-5(2,3)4;1-2;/h8-10H,1-6H2;1-4H3;1-2H2;1H/q;+1;;/p-1. The molecule has 6 heteroatoms. The third-order valence-electron chi connectivity index (χ3n) is 1.25. The van der Waals surface area contributed by atoms with Gasteiger partial charge in [-0.25, -0.2) is 0 Å². The van der Waals surface area contributed by atoms with E-state index in [-0.39, 0.29) is 32.2 Å². The fraction of sp³-hybridized carbons (Fsp3) is 0.833. The van der Waals surface area contributed by atoms with Crippen LogP contribution in [0.3, 0.4) is 0 Å². The Kier molecular flexibility index (Phi) is 28.1. The highest BCUT2D eigenvalue weighted by Gasteiger charge is 2.00. The van der Waals surface area contributed by atoms with Crippen LogP contribution in [0.2, 0.25) is 0 Å². The summed E-state index contributed by atoms with van der Waals surface area (Å²) in [5, 5.41) is 25.5. The maximum atomic E-state index is 8.48. The van der Waals surface area contributed by atoms with Gasteiger partial charge in [-0.1, -0.05) is 0 Å². The molecule has 114 valence electrons. The summed E-state index contributed by atoms with van der Waals surface area (Å²) >= 11 is 0. The zero-order valence-electron chi connectivity index (χ0n) is 12.3. The number of halogens is 1. The molecule has 18 heavy (non-hydrogen) atoms. The summed E-state index contributed by atoms with van der Waals surface area (Å²) in [6, 6.07) is 0. The Morgan fingerprint density at radius 2 is 0.944 bits per heavy atom. The van der Waals surface area contributed by atoms with Crippen LogP contribution in [0, 0.1) is 0 Å². The average Bonchev–Trinajstić information content (AvgIpc) is 2.19. The van der Waals surface area contributed by atoms with E-state index in [9.17, 15) is 0 Å². The van der Waals surface area contributed by atoms with Crippen LogP contribution in [0.15, 0.2) is 13.2 Å². The molecular weight excluding hydrogens is 256 g/mol. The maximum absolute atomic E-state index is 8.48. The summed E-state index contributed by atoms with van der Waals surface area (Å²) in [5.41, 5.74) is 0. The molecule has 0 aromatic heterocycles. The zero-order valence-corrected chi connectivity index (χ0v) is 13.0. The Morgan fingerprint density at radius 3 is 1.06 bits per heavy atom. The van der Waals surface area contributed by atoms with Crippen molar-refractivity contribution in [3.8, 4) is 0 Å². The number of hydrogen-bond donors (Lipinski definition) is 3. The minimum absolute atomic E-state index is 0. The van der Waals surface area contributed by atoms with Gasteiger partial charge in [-0.3, -0.25) is 4.90 Å². The minimum atomic E-state index is 0. The molecule has 0 aromatic rings. The second-order valence-electron chi connectivity index (χ2n) is 4.70. The molecule has 0 aromatic carbocycles. The summed E-state index contributed by atoms with van der Waals surface area (Å²) in [6.45, 7) is 7.75. The van der Waals surface area contributed by atoms with E-state index >= 15 is 0 Å². The lowest BCUT2D eigenvalue weighted by Crippen LogP contribution is -3.00. The first-order valence-electron chi connectivity index (χ1n) is 5.69. The SMILES string of the molecule is C=C.C[N+](C)(C)C.OCCN(CCO)CCO.[Cl-]. The van der Waals surface area contributed by atoms with Gasteiger partial charge in [0.15, 0.2) is 0 Å². The van der Waals surface area contributed by atoms with Gasteiger partial charge in [0.25, 0.3) is 0 Å². The lowest BCUT2D eigenvalue weighted by Gasteiger charge is -2.17. The molecule has 0 heterocycles. The quantitative estimate of drug-likeness (QED) is 0.349. The predicted octanol–water partition coefficient (Wildman–Crippen LogP) is -3.61. The fourth-order valence-electron chi connectivity index (χ4n) is 0.760. The first kappa shape index (κ1) is 26.4. The molecule has 0 aliphatic rings. The Morgan fingerprint density at radius 1 is 0.778 bits per heavy atom. The van der Waals surface area contributed by atoms with E-state index in [2.05, 4.69) is 41.3 Å². The molecule has 3 N–H and O–H groups in total. The van der Waals surface area contributed by atoms with E-state index in [0.29, 0.717) is 19.6 Å². The molecule has 0 aliphatic carbocycles. The highest BCUT2D eigenvalue weighted by atomic mass is 35.5. The van der Waals surface area contributed by atoms with Crippen molar-refractivity contribution in [2.45, 2.75) is 0 Å². The van der Waals surface area contributed by atoms with Crippen molar-refractivity contribution in [2.75, 3.05) is 67.6 Å². The molecular formula is C12H31ClN2O3. The summed E-state index contributed by atoms with van der Waals surface area (Å²) in [4.78, 5) is 1.79. The number of rotatable bonds is 6. The fourth-order valence-corrected chi connectivity index (χ4v) is 0.760. The molecule has 0 atom stereocenters. The van der Waals surface area contributed by atoms with Gasteiger partial charge >= 0.3 is 0 Å². The van der Waals surface area contributed by atoms with Gasteiger partial charge in [-0.05, 0) is 0 Å². The van der Waals surface area contributed by atoms with E-state index in [0.717, 1.165) is 4.48 Å². The van der Waals surface area contributed by atoms with Crippen molar-refractivity contribution in [3.63, 3.8) is 0 Å². The number of aliphatic hydroxyl groups is 3. The second kappa shape index (κ2) is 19.2. The normalized spacial score (nSPS) is 9.56. The lowest BCUT2D eigenvalue weighted by atomic mass is 10.4. The second-order valence-corrected chi connectivity index (χ2v) is 4.70. The van der Waals surface area contributed by atoms with Crippen molar-refractivity contribution >= 4 is 0 Å². The summed E-state index contributed by atoms with van der Waals surface area (Å²) in [7, 11) is 8.50. The first-order chi connectivity index (χ1) is 7.85. The van der Waals surface area contributed by atoms with Gasteiger partial charge < -0.3 is 32.2 Å². The van der Waals surface area contributed by atoms with Gasteiger partial charge in [-0.15, -0.1) is 13.2 Å². The van der Waals surface area contributed by atoms with Gasteiger partial charge in [0, 0.05) is 19.6 Å². The number of hydrogen-bond acceptors (Lipinski definition) is 4. The van der Waals surface area contributed by atoms with E-state index in [1.54, 1.807) is 4.90 Å². The molecule has 0 rings (SSSR count). The van der Waals surface area contributed by atoms with Crippen LogP contribution in [0.25, 0.3) is 0 Å². The average molecular weight is 287 g/mol. The monoisotopic (exact) mass is 286 g/mol. The molecule has 0 unspecified atom stereocenters. The molecule has 0 fully saturated rings. The third kappa shape index (κ3) is 44.7. The highest BCUT2D eigenvalue weighted by Crippen LogP contribution is 1.84. The lowest BCUT2D eigenvalue weighted by molar-refractivity contribution is -0.849. The summed E-state index contributed by atoms with van der Waals surface area (Å²) < 4.78 is 1.00. The van der Waals surface area contributed by atoms with Gasteiger partial charge in [0.2, 0.25) is 0 Å². The first-order valence-corrected chi connectivity index (χ1v) is 5.69. The Balaban J connectivity index is -0.000000105. The molecule has 0 radical (unpaired) electrons. The smallest absolute Gasteiger partial charge is 0.0675 e. The molecule has 0 saturated heterocycles. The molecule has 0 amide bonds. The predicted molar refractivity (Wildman–Crippen MR) is 72.9 cm³/mol. The third-order valence-corrected chi connectivity index (χ3v) is 1.25. The molecule has 5 nitrogen and oxygen atoms in total. The Labute approximate surface area is 118 Å². The van der Waals surface area contributed by atoms with E-state index in [1.807, 2.05) is 0 Å². The number of aliphatic hydroxyl groups excluding tert-OH is 3. The van der Waals surface area contributed by atoms with Crippen molar-refractivity contribution < 1.29 is 32.2 Å². The molecule has 0 spiro atoms. The number of quaternary nitrogens is 1. The van der Waals surface area contributed by atoms with Crippen molar-refractivity contribution in [3.05, 3.63) is 13.2 Å². The molecule has 0 bridgehead atoms. The van der Waals surface area contributed by atoms with Crippen LogP contribution < -0.4 is 12.4 Å². The van der Waals surface area contributed by atoms with Crippen molar-refractivity contribution in [1.29, 1.82) is 0 Å². The number of nitrogens with zero attached hydrogens (tertiary/aromatic N) is 2. The maximum Gasteiger partial charge on any atom is 0.0675 e. The van der Waals surface area contributed by atoms with Crippen molar-refractivity contribution in [1.82, 2.24) is 4.90 Å². The van der Waals surface area contributed by atoms with Gasteiger partial charge in [0.05, 0.1) is 48.0 Å². The van der Waals surface area contributed by atoms with Crippen LogP contribution in [-0.2, 0) is 0 Å². The Bertz CT molecular complexity index is 124. The Hall–Kier alpha value is -0.170. The van der Waals surface area contributed by atoms with Gasteiger partial charge in [-0.2, -0.15) is 0 Å². The topological polar surface area (TPSA) is 63.9 Å². The highest BCUT2D eigenvalue weighted by molar-refractivity contribution is 4.54.